The summed E-state index contributed by atoms with van der Waals surface area (Å²) in [4.78, 5) is 0. The van der Waals surface area contributed by atoms with Crippen LogP contribution in [-0.2, 0) is 6.42 Å². The van der Waals surface area contributed by atoms with Crippen molar-refractivity contribution in [1.82, 2.24) is 5.32 Å². The maximum Gasteiger partial charge on any atom is 0.161 e. The van der Waals surface area contributed by atoms with Crippen LogP contribution >= 0.6 is 0 Å². The Balaban J connectivity index is 2.15. The zero-order chi connectivity index (χ0) is 14.5. The Bertz CT molecular complexity index is 433. The van der Waals surface area contributed by atoms with Gasteiger partial charge in [-0.1, -0.05) is 19.9 Å². The first-order valence-corrected chi connectivity index (χ1v) is 7.68. The van der Waals surface area contributed by atoms with Gasteiger partial charge in [-0.25, -0.2) is 0 Å². The topological polar surface area (TPSA) is 30.5 Å². The molecule has 0 bridgehead atoms. The quantitative estimate of drug-likeness (QED) is 0.894. The van der Waals surface area contributed by atoms with E-state index in [0.29, 0.717) is 6.04 Å². The van der Waals surface area contributed by atoms with Gasteiger partial charge in [0.25, 0.3) is 0 Å². The van der Waals surface area contributed by atoms with E-state index in [-0.39, 0.29) is 6.10 Å². The summed E-state index contributed by atoms with van der Waals surface area (Å²) in [7, 11) is 3.73. The molecule has 3 nitrogen and oxygen atoms in total. The van der Waals surface area contributed by atoms with Crippen LogP contribution in [0.15, 0.2) is 18.2 Å². The average molecular weight is 277 g/mol. The molecule has 1 aliphatic rings. The molecule has 0 radical (unpaired) electrons. The van der Waals surface area contributed by atoms with Gasteiger partial charge in [0.2, 0.25) is 0 Å². The van der Waals surface area contributed by atoms with E-state index >= 15 is 0 Å². The molecule has 0 aliphatic heterocycles. The molecule has 1 aromatic carbocycles. The minimum absolute atomic E-state index is 0.227. The number of benzene rings is 1. The second kappa shape index (κ2) is 6.98. The average Bonchev–Trinajstić information content (AvgIpc) is 2.48. The van der Waals surface area contributed by atoms with Gasteiger partial charge >= 0.3 is 0 Å². The van der Waals surface area contributed by atoms with E-state index in [4.69, 9.17) is 9.47 Å². The first kappa shape index (κ1) is 15.2. The normalized spacial score (nSPS) is 26.3. The molecule has 0 amide bonds. The summed E-state index contributed by atoms with van der Waals surface area (Å²) in [5.74, 6) is 2.44. The van der Waals surface area contributed by atoms with E-state index < -0.39 is 0 Å². The lowest BCUT2D eigenvalue weighted by Crippen LogP contribution is -2.45. The first-order chi connectivity index (χ1) is 9.67. The largest absolute Gasteiger partial charge is 0.493 e. The van der Waals surface area contributed by atoms with Gasteiger partial charge in [-0.3, -0.25) is 0 Å². The third-order valence-corrected chi connectivity index (χ3v) is 4.34. The molecular formula is C17H27NO2. The van der Waals surface area contributed by atoms with Crippen molar-refractivity contribution in [2.45, 2.75) is 51.7 Å². The summed E-state index contributed by atoms with van der Waals surface area (Å²) in [5, 5.41) is 3.39. The third-order valence-electron chi connectivity index (χ3n) is 4.34. The summed E-state index contributed by atoms with van der Waals surface area (Å²) in [5.41, 5.74) is 1.27. The number of methoxy groups -OCH3 is 1. The Morgan fingerprint density at radius 2 is 2.05 bits per heavy atom. The van der Waals surface area contributed by atoms with Gasteiger partial charge in [-0.2, -0.15) is 0 Å². The number of rotatable bonds is 5. The third kappa shape index (κ3) is 3.45. The van der Waals surface area contributed by atoms with Gasteiger partial charge in [0.05, 0.1) is 7.11 Å². The molecule has 20 heavy (non-hydrogen) atoms. The fraction of sp³-hybridized carbons (Fsp3) is 0.647. The number of nitrogens with one attached hydrogen (secondary N) is 1. The van der Waals surface area contributed by atoms with Crippen LogP contribution in [0.1, 0.15) is 38.7 Å². The summed E-state index contributed by atoms with van der Waals surface area (Å²) < 4.78 is 11.7. The maximum atomic E-state index is 6.26. The highest BCUT2D eigenvalue weighted by atomic mass is 16.5. The van der Waals surface area contributed by atoms with Crippen molar-refractivity contribution >= 4 is 0 Å². The molecule has 1 fully saturated rings. The minimum atomic E-state index is 0.227. The highest BCUT2D eigenvalue weighted by Gasteiger charge is 2.29. The monoisotopic (exact) mass is 277 g/mol. The van der Waals surface area contributed by atoms with Gasteiger partial charge < -0.3 is 14.8 Å². The van der Waals surface area contributed by atoms with E-state index in [1.54, 1.807) is 7.11 Å². The molecule has 0 heterocycles. The summed E-state index contributed by atoms with van der Waals surface area (Å²) in [6.45, 7) is 4.45. The van der Waals surface area contributed by atoms with Crippen molar-refractivity contribution in [3.05, 3.63) is 23.8 Å². The standard InChI is InChI=1S/C17H27NO2/c1-5-13-7-9-15(17(11-13)19-4)20-16-10-12(2)6-8-14(16)18-3/h7,9,11-12,14,16,18H,5-6,8,10H2,1-4H3. The Hall–Kier alpha value is -1.22. The van der Waals surface area contributed by atoms with Crippen molar-refractivity contribution in [2.75, 3.05) is 14.2 Å². The number of ether oxygens (including phenoxy) is 2. The second-order valence-corrected chi connectivity index (χ2v) is 5.81. The number of hydrogen-bond donors (Lipinski definition) is 1. The SMILES string of the molecule is CCc1ccc(OC2CC(C)CCC2NC)c(OC)c1. The lowest BCUT2D eigenvalue weighted by atomic mass is 9.85. The van der Waals surface area contributed by atoms with Crippen molar-refractivity contribution in [1.29, 1.82) is 0 Å². The molecule has 112 valence electrons. The van der Waals surface area contributed by atoms with E-state index in [1.165, 1.54) is 18.4 Å². The van der Waals surface area contributed by atoms with E-state index in [0.717, 1.165) is 30.3 Å². The van der Waals surface area contributed by atoms with Gasteiger partial charge in [0, 0.05) is 6.04 Å². The predicted octanol–water partition coefficient (Wildman–Crippen LogP) is 3.41. The lowest BCUT2D eigenvalue weighted by Gasteiger charge is -2.35. The van der Waals surface area contributed by atoms with Crippen LogP contribution in [0.5, 0.6) is 11.5 Å². The van der Waals surface area contributed by atoms with E-state index in [1.807, 2.05) is 13.1 Å². The molecule has 0 aromatic heterocycles. The Morgan fingerprint density at radius 3 is 2.70 bits per heavy atom. The molecule has 0 saturated heterocycles. The molecule has 1 N–H and O–H groups in total. The Kier molecular flexibility index (Phi) is 5.30. The van der Waals surface area contributed by atoms with Crippen LogP contribution in [0.25, 0.3) is 0 Å². The van der Waals surface area contributed by atoms with Crippen LogP contribution in [0.3, 0.4) is 0 Å². The Labute approximate surface area is 122 Å². The fourth-order valence-electron chi connectivity index (χ4n) is 2.98. The molecule has 0 spiro atoms. The molecule has 3 heteroatoms. The summed E-state index contributed by atoms with van der Waals surface area (Å²) >= 11 is 0. The summed E-state index contributed by atoms with van der Waals surface area (Å²) in [6.07, 6.45) is 4.79. The molecule has 3 atom stereocenters. The number of likely N-dealkylation sites (N-methyl/N-ethyl adjacent to an activating group) is 1. The lowest BCUT2D eigenvalue weighted by molar-refractivity contribution is 0.0914. The van der Waals surface area contributed by atoms with Crippen molar-refractivity contribution in [3.63, 3.8) is 0 Å². The van der Waals surface area contributed by atoms with Gasteiger partial charge in [-0.05, 0) is 56.3 Å². The predicted molar refractivity (Wildman–Crippen MR) is 82.7 cm³/mol. The number of hydrogen-bond acceptors (Lipinski definition) is 3. The minimum Gasteiger partial charge on any atom is -0.493 e. The number of aryl methyl sites for hydroxylation is 1. The van der Waals surface area contributed by atoms with Crippen LogP contribution in [0.4, 0.5) is 0 Å². The molecule has 1 saturated carbocycles. The van der Waals surface area contributed by atoms with E-state index in [2.05, 4.69) is 31.3 Å². The maximum absolute atomic E-state index is 6.26. The van der Waals surface area contributed by atoms with E-state index in [9.17, 15) is 0 Å². The molecule has 1 aliphatic carbocycles. The van der Waals surface area contributed by atoms with Crippen molar-refractivity contribution in [3.8, 4) is 11.5 Å². The second-order valence-electron chi connectivity index (χ2n) is 5.81. The Morgan fingerprint density at radius 1 is 1.25 bits per heavy atom. The highest BCUT2D eigenvalue weighted by Crippen LogP contribution is 2.33. The molecule has 2 rings (SSSR count). The fourth-order valence-corrected chi connectivity index (χ4v) is 2.98. The zero-order valence-corrected chi connectivity index (χ0v) is 13.1. The van der Waals surface area contributed by atoms with Crippen molar-refractivity contribution < 1.29 is 9.47 Å². The van der Waals surface area contributed by atoms with Crippen LogP contribution in [-0.4, -0.2) is 26.3 Å². The summed E-state index contributed by atoms with van der Waals surface area (Å²) in [6, 6.07) is 6.68. The van der Waals surface area contributed by atoms with Crippen LogP contribution < -0.4 is 14.8 Å². The highest BCUT2D eigenvalue weighted by molar-refractivity contribution is 5.43. The van der Waals surface area contributed by atoms with Crippen molar-refractivity contribution in [2.24, 2.45) is 5.92 Å². The van der Waals surface area contributed by atoms with Crippen LogP contribution in [0, 0.1) is 5.92 Å². The van der Waals surface area contributed by atoms with Gasteiger partial charge in [0.1, 0.15) is 6.10 Å². The molecule has 3 unspecified atom stereocenters. The van der Waals surface area contributed by atoms with Gasteiger partial charge in [0.15, 0.2) is 11.5 Å². The molecule has 1 aromatic rings. The van der Waals surface area contributed by atoms with Crippen LogP contribution in [0.2, 0.25) is 0 Å². The molecular weight excluding hydrogens is 250 g/mol. The zero-order valence-electron chi connectivity index (χ0n) is 13.1. The smallest absolute Gasteiger partial charge is 0.161 e. The van der Waals surface area contributed by atoms with Gasteiger partial charge in [-0.15, -0.1) is 0 Å². The first-order valence-electron chi connectivity index (χ1n) is 7.68.